The fraction of sp³-hybridized carbons (Fsp3) is 0.833. The zero-order valence-corrected chi connectivity index (χ0v) is 17.9. The molecule has 25 heavy (non-hydrogen) atoms. The summed E-state index contributed by atoms with van der Waals surface area (Å²) in [6, 6.07) is 0. The summed E-state index contributed by atoms with van der Waals surface area (Å²) in [4.78, 5) is 13.4. The fourth-order valence-corrected chi connectivity index (χ4v) is 2.30. The van der Waals surface area contributed by atoms with E-state index in [4.69, 9.17) is 22.1 Å². The van der Waals surface area contributed by atoms with E-state index in [9.17, 15) is 4.79 Å². The molecule has 148 valence electrons. The Morgan fingerprint density at radius 1 is 1.08 bits per heavy atom. The SMILES string of the molecule is CCCCCCCCCCC(COC(=S)N(C)C)C(C)=O.NC(O)=S. The first-order valence-corrected chi connectivity index (χ1v) is 9.86. The lowest BCUT2D eigenvalue weighted by molar-refractivity contribution is -0.122. The topological polar surface area (TPSA) is 75.8 Å². The molecule has 7 heteroatoms. The fourth-order valence-electron chi connectivity index (χ4n) is 2.23. The largest absolute Gasteiger partial charge is 0.487 e. The third kappa shape index (κ3) is 21.0. The Kier molecular flexibility index (Phi) is 18.8. The minimum atomic E-state index is -0.500. The van der Waals surface area contributed by atoms with Gasteiger partial charge in [0.25, 0.3) is 10.3 Å². The van der Waals surface area contributed by atoms with Crippen molar-refractivity contribution in [3.63, 3.8) is 0 Å². The van der Waals surface area contributed by atoms with Crippen molar-refractivity contribution in [3.8, 4) is 0 Å². The summed E-state index contributed by atoms with van der Waals surface area (Å²) in [5.41, 5.74) is 4.40. The number of ketones is 1. The molecule has 0 bridgehead atoms. The number of thiocarbonyl (C=S) groups is 2. The van der Waals surface area contributed by atoms with E-state index in [0.29, 0.717) is 11.8 Å². The van der Waals surface area contributed by atoms with E-state index in [1.807, 2.05) is 14.1 Å². The molecule has 0 aliphatic carbocycles. The second-order valence-electron chi connectivity index (χ2n) is 6.38. The Morgan fingerprint density at radius 2 is 1.52 bits per heavy atom. The van der Waals surface area contributed by atoms with Gasteiger partial charge in [-0.15, -0.1) is 0 Å². The number of aliphatic hydroxyl groups excluding tert-OH is 1. The van der Waals surface area contributed by atoms with Crippen molar-refractivity contribution in [2.75, 3.05) is 20.7 Å². The van der Waals surface area contributed by atoms with Gasteiger partial charge in [0, 0.05) is 14.1 Å². The Labute approximate surface area is 164 Å². The summed E-state index contributed by atoms with van der Waals surface area (Å²) in [6.07, 6.45) is 11.2. The van der Waals surface area contributed by atoms with Gasteiger partial charge < -0.3 is 20.5 Å². The molecule has 5 nitrogen and oxygen atoms in total. The zero-order valence-electron chi connectivity index (χ0n) is 16.3. The van der Waals surface area contributed by atoms with Crippen molar-refractivity contribution in [1.82, 2.24) is 4.90 Å². The third-order valence-corrected chi connectivity index (χ3v) is 4.24. The van der Waals surface area contributed by atoms with Gasteiger partial charge in [-0.1, -0.05) is 58.3 Å². The molecule has 0 aromatic rings. The van der Waals surface area contributed by atoms with Gasteiger partial charge >= 0.3 is 0 Å². The van der Waals surface area contributed by atoms with Gasteiger partial charge in [-0.05, 0) is 37.8 Å². The first-order chi connectivity index (χ1) is 11.7. The van der Waals surface area contributed by atoms with Crippen LogP contribution in [0.2, 0.25) is 0 Å². The number of nitrogens with zero attached hydrogens (tertiary/aromatic N) is 1. The number of Topliss-reactive ketones (excluding diaryl/α,β-unsaturated/α-hetero) is 1. The highest BCUT2D eigenvalue weighted by atomic mass is 32.1. The van der Waals surface area contributed by atoms with E-state index < -0.39 is 5.17 Å². The second kappa shape index (κ2) is 17.9. The monoisotopic (exact) mass is 392 g/mol. The van der Waals surface area contributed by atoms with Crippen LogP contribution in [0.25, 0.3) is 0 Å². The highest BCUT2D eigenvalue weighted by molar-refractivity contribution is 7.80. The van der Waals surface area contributed by atoms with E-state index in [0.717, 1.165) is 12.8 Å². The lowest BCUT2D eigenvalue weighted by Crippen LogP contribution is -2.27. The second-order valence-corrected chi connectivity index (χ2v) is 7.15. The van der Waals surface area contributed by atoms with E-state index >= 15 is 0 Å². The lowest BCUT2D eigenvalue weighted by Gasteiger charge is -2.18. The summed E-state index contributed by atoms with van der Waals surface area (Å²) in [5.74, 6) is 0.197. The van der Waals surface area contributed by atoms with Crippen LogP contribution >= 0.6 is 24.4 Å². The number of nitrogens with two attached hydrogens (primary N) is 1. The molecule has 0 saturated carbocycles. The highest BCUT2D eigenvalue weighted by Gasteiger charge is 2.15. The first-order valence-electron chi connectivity index (χ1n) is 9.05. The Morgan fingerprint density at radius 3 is 1.92 bits per heavy atom. The average Bonchev–Trinajstić information content (AvgIpc) is 2.51. The van der Waals surface area contributed by atoms with Gasteiger partial charge in [-0.3, -0.25) is 4.79 Å². The Hall–Kier alpha value is -0.950. The maximum absolute atomic E-state index is 11.6. The van der Waals surface area contributed by atoms with Gasteiger partial charge in [0.1, 0.15) is 12.4 Å². The van der Waals surface area contributed by atoms with Crippen LogP contribution < -0.4 is 5.73 Å². The van der Waals surface area contributed by atoms with Gasteiger partial charge in [0.15, 0.2) is 0 Å². The van der Waals surface area contributed by atoms with Crippen molar-refractivity contribution < 1.29 is 14.6 Å². The Balaban J connectivity index is 0. The molecule has 3 N–H and O–H groups in total. The van der Waals surface area contributed by atoms with Crippen LogP contribution in [-0.2, 0) is 9.53 Å². The van der Waals surface area contributed by atoms with E-state index in [1.165, 1.54) is 44.9 Å². The molecule has 0 heterocycles. The standard InChI is InChI=1S/C17H33NO2S.CH3NOS/c1-5-6-7-8-9-10-11-12-13-16(15(2)19)14-20-17(21)18(3)4;2-1(3)4/h16H,5-14H2,1-4H3;(H3,2,3,4). The predicted octanol–water partition coefficient (Wildman–Crippen LogP) is 4.37. The Bertz CT molecular complexity index is 373. The van der Waals surface area contributed by atoms with Crippen LogP contribution in [-0.4, -0.2) is 46.8 Å². The van der Waals surface area contributed by atoms with Gasteiger partial charge in [-0.25, -0.2) is 0 Å². The van der Waals surface area contributed by atoms with E-state index in [-0.39, 0.29) is 11.7 Å². The molecular formula is C18H36N2O3S2. The molecule has 0 aromatic carbocycles. The first kappa shape index (κ1) is 26.3. The van der Waals surface area contributed by atoms with Crippen LogP contribution in [0.5, 0.6) is 0 Å². The predicted molar refractivity (Wildman–Crippen MR) is 113 cm³/mol. The minimum absolute atomic E-state index is 0.0111. The van der Waals surface area contributed by atoms with Crippen LogP contribution in [0.3, 0.4) is 0 Å². The van der Waals surface area contributed by atoms with Crippen molar-refractivity contribution in [3.05, 3.63) is 0 Å². The zero-order chi connectivity index (χ0) is 19.7. The number of carbonyl (C=O) groups excluding carboxylic acids is 1. The number of hydrogen-bond donors (Lipinski definition) is 2. The van der Waals surface area contributed by atoms with Crippen LogP contribution in [0.15, 0.2) is 0 Å². The number of ether oxygens (including phenoxy) is 1. The smallest absolute Gasteiger partial charge is 0.258 e. The summed E-state index contributed by atoms with van der Waals surface area (Å²) < 4.78 is 5.49. The molecule has 0 fully saturated rings. The van der Waals surface area contributed by atoms with Gasteiger partial charge in [0.2, 0.25) is 0 Å². The summed E-state index contributed by atoms with van der Waals surface area (Å²) in [5, 5.41) is 7.52. The van der Waals surface area contributed by atoms with Crippen LogP contribution in [0.4, 0.5) is 0 Å². The summed E-state index contributed by atoms with van der Waals surface area (Å²) >= 11 is 8.95. The number of aliphatic hydroxyl groups is 1. The lowest BCUT2D eigenvalue weighted by atomic mass is 9.97. The molecule has 0 spiro atoms. The van der Waals surface area contributed by atoms with Crippen molar-refractivity contribution >= 4 is 40.6 Å². The highest BCUT2D eigenvalue weighted by Crippen LogP contribution is 2.15. The number of unbranched alkanes of at least 4 members (excludes halogenated alkanes) is 7. The summed E-state index contributed by atoms with van der Waals surface area (Å²) in [6.45, 7) is 4.31. The maximum Gasteiger partial charge on any atom is 0.258 e. The minimum Gasteiger partial charge on any atom is -0.487 e. The molecule has 0 amide bonds. The molecule has 0 aliphatic heterocycles. The molecular weight excluding hydrogens is 356 g/mol. The molecule has 0 saturated heterocycles. The van der Waals surface area contributed by atoms with Crippen LogP contribution in [0, 0.1) is 5.92 Å². The number of rotatable bonds is 12. The normalized spacial score (nSPS) is 11.0. The number of carbonyl (C=O) groups is 1. The molecule has 0 rings (SSSR count). The quantitative estimate of drug-likeness (QED) is 0.377. The average molecular weight is 393 g/mol. The maximum atomic E-state index is 11.6. The van der Waals surface area contributed by atoms with Crippen molar-refractivity contribution in [2.24, 2.45) is 11.7 Å². The molecule has 0 radical (unpaired) electrons. The third-order valence-electron chi connectivity index (χ3n) is 3.75. The molecule has 1 atom stereocenters. The van der Waals surface area contributed by atoms with Gasteiger partial charge in [0.05, 0.1) is 5.92 Å². The van der Waals surface area contributed by atoms with Crippen molar-refractivity contribution in [1.29, 1.82) is 0 Å². The van der Waals surface area contributed by atoms with Crippen molar-refractivity contribution in [2.45, 2.75) is 71.6 Å². The molecule has 0 aromatic heterocycles. The number of hydrogen-bond acceptors (Lipinski definition) is 4. The van der Waals surface area contributed by atoms with Gasteiger partial charge in [-0.2, -0.15) is 0 Å². The molecule has 1 unspecified atom stereocenters. The van der Waals surface area contributed by atoms with E-state index in [1.54, 1.807) is 11.8 Å². The van der Waals surface area contributed by atoms with Crippen LogP contribution in [0.1, 0.15) is 71.6 Å². The van der Waals surface area contributed by atoms with E-state index in [2.05, 4.69) is 24.9 Å². The molecule has 0 aliphatic rings. The summed E-state index contributed by atoms with van der Waals surface area (Å²) in [7, 11) is 3.70.